The van der Waals surface area contributed by atoms with E-state index in [-0.39, 0.29) is 6.61 Å². The maximum atomic E-state index is 10.6. The Morgan fingerprint density at radius 2 is 2.31 bits per heavy atom. The predicted molar refractivity (Wildman–Crippen MR) is 52.1 cm³/mol. The lowest BCUT2D eigenvalue weighted by molar-refractivity contribution is -0.148. The molecule has 0 rings (SSSR count). The van der Waals surface area contributed by atoms with Gasteiger partial charge in [-0.15, -0.1) is 0 Å². The minimum atomic E-state index is -0.918. The fourth-order valence-corrected chi connectivity index (χ4v) is 1.70. The second-order valence-corrected chi connectivity index (χ2v) is 3.58. The lowest BCUT2D eigenvalue weighted by atomic mass is 10.4. The third-order valence-corrected chi connectivity index (χ3v) is 2.48. The summed E-state index contributed by atoms with van der Waals surface area (Å²) in [5, 5.41) is 17.2. The van der Waals surface area contributed by atoms with Gasteiger partial charge in [0.15, 0.2) is 6.10 Å². The van der Waals surface area contributed by atoms with Gasteiger partial charge in [0.1, 0.15) is 0 Å². The molecule has 78 valence electrons. The number of hydrogen-bond donors (Lipinski definition) is 2. The summed E-state index contributed by atoms with van der Waals surface area (Å²) in [5.41, 5.74) is 0. The summed E-state index contributed by atoms with van der Waals surface area (Å²) in [4.78, 5) is 10.6. The van der Waals surface area contributed by atoms with Crippen LogP contribution in [0.15, 0.2) is 0 Å². The molecule has 0 bridgehead atoms. The molecule has 0 radical (unpaired) electrons. The molecule has 0 spiro atoms. The van der Waals surface area contributed by atoms with E-state index in [0.717, 1.165) is 5.75 Å². The molecule has 1 unspecified atom stereocenters. The van der Waals surface area contributed by atoms with Crippen LogP contribution in [0.1, 0.15) is 13.3 Å². The first-order chi connectivity index (χ1) is 6.22. The standard InChI is InChI=1S/C8H16O4S/c1-2-12-7(8(10)11)6-13-5-3-4-9/h7,9H,2-6H2,1H3,(H,10,11). The van der Waals surface area contributed by atoms with Crippen LogP contribution in [0.25, 0.3) is 0 Å². The predicted octanol–water partition coefficient (Wildman–Crippen LogP) is 0.592. The number of carboxylic acids is 1. The minimum Gasteiger partial charge on any atom is -0.479 e. The Balaban J connectivity index is 3.51. The SMILES string of the molecule is CCOC(CSCCCO)C(=O)O. The van der Waals surface area contributed by atoms with Crippen molar-refractivity contribution in [2.24, 2.45) is 0 Å². The number of ether oxygens (including phenoxy) is 1. The molecule has 0 amide bonds. The van der Waals surface area contributed by atoms with Crippen LogP contribution in [-0.2, 0) is 9.53 Å². The van der Waals surface area contributed by atoms with Crippen molar-refractivity contribution in [2.75, 3.05) is 24.7 Å². The minimum absolute atomic E-state index is 0.152. The third kappa shape index (κ3) is 6.86. The summed E-state index contributed by atoms with van der Waals surface area (Å²) in [6, 6.07) is 0. The molecule has 0 aromatic carbocycles. The van der Waals surface area contributed by atoms with Crippen molar-refractivity contribution < 1.29 is 19.7 Å². The van der Waals surface area contributed by atoms with E-state index in [1.54, 1.807) is 6.92 Å². The highest BCUT2D eigenvalue weighted by molar-refractivity contribution is 7.99. The Bertz CT molecular complexity index is 140. The highest BCUT2D eigenvalue weighted by Crippen LogP contribution is 2.07. The summed E-state index contributed by atoms with van der Waals surface area (Å²) in [6.07, 6.45) is -0.0166. The maximum absolute atomic E-state index is 10.6. The van der Waals surface area contributed by atoms with E-state index < -0.39 is 12.1 Å². The molecule has 0 aromatic heterocycles. The van der Waals surface area contributed by atoms with Crippen LogP contribution in [0.5, 0.6) is 0 Å². The lowest BCUT2D eigenvalue weighted by Gasteiger charge is -2.11. The van der Waals surface area contributed by atoms with Gasteiger partial charge in [-0.2, -0.15) is 11.8 Å². The molecule has 13 heavy (non-hydrogen) atoms. The van der Waals surface area contributed by atoms with Crippen LogP contribution in [0.2, 0.25) is 0 Å². The Labute approximate surface area is 82.3 Å². The number of aliphatic hydroxyl groups is 1. The smallest absolute Gasteiger partial charge is 0.333 e. The fourth-order valence-electron chi connectivity index (χ4n) is 0.749. The molecule has 0 fully saturated rings. The van der Waals surface area contributed by atoms with Gasteiger partial charge in [0.05, 0.1) is 0 Å². The normalized spacial score (nSPS) is 12.8. The molecule has 0 aliphatic heterocycles. The number of aliphatic carboxylic acids is 1. The molecule has 0 saturated carbocycles. The number of rotatable bonds is 8. The van der Waals surface area contributed by atoms with Crippen molar-refractivity contribution in [3.63, 3.8) is 0 Å². The van der Waals surface area contributed by atoms with Gasteiger partial charge in [-0.25, -0.2) is 4.79 Å². The van der Waals surface area contributed by atoms with Gasteiger partial charge in [-0.1, -0.05) is 0 Å². The zero-order chi connectivity index (χ0) is 10.1. The summed E-state index contributed by atoms with van der Waals surface area (Å²) in [6.45, 7) is 2.34. The fraction of sp³-hybridized carbons (Fsp3) is 0.875. The Kier molecular flexibility index (Phi) is 8.18. The Morgan fingerprint density at radius 3 is 2.77 bits per heavy atom. The van der Waals surface area contributed by atoms with Crippen molar-refractivity contribution in [2.45, 2.75) is 19.4 Å². The van der Waals surface area contributed by atoms with E-state index in [4.69, 9.17) is 14.9 Å². The molecular formula is C8H16O4S. The number of aliphatic hydroxyl groups excluding tert-OH is 1. The Morgan fingerprint density at radius 1 is 1.62 bits per heavy atom. The highest BCUT2D eigenvalue weighted by atomic mass is 32.2. The van der Waals surface area contributed by atoms with Crippen LogP contribution < -0.4 is 0 Å². The average molecular weight is 208 g/mol. The van der Waals surface area contributed by atoms with Gasteiger partial charge in [-0.3, -0.25) is 0 Å². The van der Waals surface area contributed by atoms with Crippen molar-refractivity contribution >= 4 is 17.7 Å². The van der Waals surface area contributed by atoms with Crippen LogP contribution >= 0.6 is 11.8 Å². The van der Waals surface area contributed by atoms with Crippen LogP contribution in [0, 0.1) is 0 Å². The van der Waals surface area contributed by atoms with Crippen molar-refractivity contribution in [3.8, 4) is 0 Å². The molecule has 0 heterocycles. The van der Waals surface area contributed by atoms with Gasteiger partial charge in [0.2, 0.25) is 0 Å². The first-order valence-corrected chi connectivity index (χ1v) is 5.40. The van der Waals surface area contributed by atoms with E-state index in [9.17, 15) is 4.79 Å². The van der Waals surface area contributed by atoms with Gasteiger partial charge in [-0.05, 0) is 19.1 Å². The van der Waals surface area contributed by atoms with Crippen molar-refractivity contribution in [1.29, 1.82) is 0 Å². The Hall–Kier alpha value is -0.260. The molecule has 0 aromatic rings. The average Bonchev–Trinajstić information content (AvgIpc) is 2.10. The molecule has 5 heteroatoms. The summed E-state index contributed by atoms with van der Waals surface area (Å²) in [5.74, 6) is 0.301. The van der Waals surface area contributed by atoms with Crippen molar-refractivity contribution in [1.82, 2.24) is 0 Å². The largest absolute Gasteiger partial charge is 0.479 e. The second kappa shape index (κ2) is 8.34. The third-order valence-electron chi connectivity index (χ3n) is 1.36. The number of carboxylic acid groups (broad SMARTS) is 1. The molecule has 4 nitrogen and oxygen atoms in total. The first kappa shape index (κ1) is 12.7. The molecule has 0 saturated heterocycles. The van der Waals surface area contributed by atoms with Gasteiger partial charge < -0.3 is 14.9 Å². The zero-order valence-corrected chi connectivity index (χ0v) is 8.55. The monoisotopic (exact) mass is 208 g/mol. The first-order valence-electron chi connectivity index (χ1n) is 4.25. The topological polar surface area (TPSA) is 66.8 Å². The van der Waals surface area contributed by atoms with E-state index in [1.807, 2.05) is 0 Å². The number of thioether (sulfide) groups is 1. The van der Waals surface area contributed by atoms with Crippen LogP contribution in [0.4, 0.5) is 0 Å². The molecule has 0 aliphatic rings. The quantitative estimate of drug-likeness (QED) is 0.571. The maximum Gasteiger partial charge on any atom is 0.333 e. The van der Waals surface area contributed by atoms with Gasteiger partial charge >= 0.3 is 5.97 Å². The highest BCUT2D eigenvalue weighted by Gasteiger charge is 2.16. The van der Waals surface area contributed by atoms with Gasteiger partial charge in [0.25, 0.3) is 0 Å². The van der Waals surface area contributed by atoms with E-state index in [2.05, 4.69) is 0 Å². The summed E-state index contributed by atoms with van der Waals surface area (Å²) in [7, 11) is 0. The van der Waals surface area contributed by atoms with E-state index in [1.165, 1.54) is 11.8 Å². The lowest BCUT2D eigenvalue weighted by Crippen LogP contribution is -2.26. The molecule has 1 atom stereocenters. The molecule has 2 N–H and O–H groups in total. The van der Waals surface area contributed by atoms with E-state index >= 15 is 0 Å². The van der Waals surface area contributed by atoms with Crippen LogP contribution in [0.3, 0.4) is 0 Å². The summed E-state index contributed by atoms with van der Waals surface area (Å²) < 4.78 is 5.00. The van der Waals surface area contributed by atoms with E-state index in [0.29, 0.717) is 18.8 Å². The van der Waals surface area contributed by atoms with Crippen molar-refractivity contribution in [3.05, 3.63) is 0 Å². The molecular weight excluding hydrogens is 192 g/mol. The number of carbonyl (C=O) groups is 1. The molecule has 0 aliphatic carbocycles. The van der Waals surface area contributed by atoms with Gasteiger partial charge in [0, 0.05) is 19.0 Å². The summed E-state index contributed by atoms with van der Waals surface area (Å²) >= 11 is 1.49. The second-order valence-electron chi connectivity index (χ2n) is 2.43. The zero-order valence-electron chi connectivity index (χ0n) is 7.73. The number of hydrogen-bond acceptors (Lipinski definition) is 4. The van der Waals surface area contributed by atoms with Crippen LogP contribution in [-0.4, -0.2) is 47.0 Å².